The molecule has 0 saturated heterocycles. The molecule has 4 heterocycles. The summed E-state index contributed by atoms with van der Waals surface area (Å²) in [5.41, 5.74) is 10.7. The lowest BCUT2D eigenvalue weighted by Crippen LogP contribution is -2.30. The summed E-state index contributed by atoms with van der Waals surface area (Å²) in [5, 5.41) is 2.39. The number of fused-ring (bicyclic) bond motifs is 4. The second kappa shape index (κ2) is 31.6. The molecular weight excluding hydrogens is 1250 g/mol. The Morgan fingerprint density at radius 2 is 0.856 bits per heavy atom. The summed E-state index contributed by atoms with van der Waals surface area (Å²) in [6.07, 6.45) is 10.6. The van der Waals surface area contributed by atoms with E-state index in [1.165, 1.54) is 104 Å². The molecule has 0 spiro atoms. The van der Waals surface area contributed by atoms with E-state index in [0.29, 0.717) is 56.7 Å². The third-order valence-electron chi connectivity index (χ3n) is 14.8. The number of H-pyrrole nitrogens is 1. The van der Waals surface area contributed by atoms with Gasteiger partial charge in [0.25, 0.3) is 16.7 Å². The number of thioether (sulfide) groups is 4. The van der Waals surface area contributed by atoms with Crippen molar-refractivity contribution in [3.63, 3.8) is 0 Å². The summed E-state index contributed by atoms with van der Waals surface area (Å²) in [6, 6.07) is 25.3. The van der Waals surface area contributed by atoms with Gasteiger partial charge in [0.05, 0.1) is 25.6 Å². The van der Waals surface area contributed by atoms with E-state index in [4.69, 9.17) is 13.9 Å². The number of halogens is 4. The molecule has 4 aliphatic rings. The van der Waals surface area contributed by atoms with Gasteiger partial charge in [-0.25, -0.2) is 27.5 Å². The molecule has 4 aliphatic carbocycles. The van der Waals surface area contributed by atoms with Gasteiger partial charge in [0, 0.05) is 56.7 Å². The highest BCUT2D eigenvalue weighted by atomic mass is 32.2. The van der Waals surface area contributed by atoms with Gasteiger partial charge in [-0.05, 0) is 167 Å². The predicted molar refractivity (Wildman–Crippen MR) is 344 cm³/mol. The molecule has 16 nitrogen and oxygen atoms in total. The van der Waals surface area contributed by atoms with Crippen LogP contribution in [0.3, 0.4) is 0 Å². The van der Waals surface area contributed by atoms with E-state index in [1.54, 1.807) is 69.4 Å². The molecule has 0 bridgehead atoms. The number of aromatic nitrogens is 8. The van der Waals surface area contributed by atoms with Crippen LogP contribution in [0.5, 0.6) is 5.88 Å². The summed E-state index contributed by atoms with van der Waals surface area (Å²) in [5.74, 6) is 1.47. The lowest BCUT2D eigenvalue weighted by molar-refractivity contribution is -0.142. The normalized spacial score (nSPS) is 13.3. The minimum absolute atomic E-state index is 0.0101. The van der Waals surface area contributed by atoms with Gasteiger partial charge in [-0.15, -0.1) is 0 Å². The number of esters is 2. The zero-order chi connectivity index (χ0) is 63.9. The Labute approximate surface area is 536 Å². The molecule has 0 atom stereocenters. The summed E-state index contributed by atoms with van der Waals surface area (Å²) in [6.45, 7) is 6.58. The minimum atomic E-state index is -1.70. The number of hydrogen-bond acceptors (Lipinski definition) is 17. The fraction of sp³-hybridized carbons (Fsp3) is 0.354. The summed E-state index contributed by atoms with van der Waals surface area (Å²) < 4.78 is 71.0. The third-order valence-corrected chi connectivity index (χ3v) is 19.5. The second-order valence-electron chi connectivity index (χ2n) is 22.4. The monoisotopic (exact) mass is 1320 g/mol. The molecule has 12 rings (SSSR count). The summed E-state index contributed by atoms with van der Waals surface area (Å²) >= 11 is 5.77. The van der Waals surface area contributed by atoms with Crippen molar-refractivity contribution in [1.29, 1.82) is 0 Å². The average Bonchev–Trinajstić information content (AvgIpc) is 1.66. The van der Waals surface area contributed by atoms with Crippen LogP contribution < -0.4 is 21.1 Å². The van der Waals surface area contributed by atoms with Crippen molar-refractivity contribution in [1.82, 2.24) is 39.0 Å². The zero-order valence-electron chi connectivity index (χ0n) is 50.5. The van der Waals surface area contributed by atoms with Crippen LogP contribution in [0.2, 0.25) is 19.6 Å². The average molecular weight is 1320 g/mol. The van der Waals surface area contributed by atoms with Crippen LogP contribution in [0.25, 0.3) is 0 Å². The van der Waals surface area contributed by atoms with Crippen molar-refractivity contribution in [2.45, 2.75) is 153 Å². The summed E-state index contributed by atoms with van der Waals surface area (Å²) in [4.78, 5) is 84.6. The largest absolute Gasteiger partial charge is 0.531 e. The van der Waals surface area contributed by atoms with Crippen LogP contribution in [-0.4, -0.2) is 73.5 Å². The molecule has 8 aromatic rings. The van der Waals surface area contributed by atoms with Crippen molar-refractivity contribution in [2.75, 3.05) is 14.2 Å². The molecule has 0 unspecified atom stereocenters. The molecule has 472 valence electrons. The van der Waals surface area contributed by atoms with Gasteiger partial charge < -0.3 is 28.0 Å². The first-order valence-corrected chi connectivity index (χ1v) is 36.7. The quantitative estimate of drug-likeness (QED) is 0.0279. The number of methoxy groups -OCH3 is 2. The Morgan fingerprint density at radius 3 is 1.28 bits per heavy atom. The van der Waals surface area contributed by atoms with Crippen molar-refractivity contribution < 1.29 is 41.1 Å². The Kier molecular flexibility index (Phi) is 23.6. The maximum atomic E-state index is 13.0. The smallest absolute Gasteiger partial charge is 0.325 e. The van der Waals surface area contributed by atoms with Crippen molar-refractivity contribution in [3.05, 3.63) is 219 Å². The maximum absolute atomic E-state index is 13.0. The standard InChI is InChI=1S/2C17H17FN2O3S.C17H21FN2OSSi.C14H13FN2OS/c2*1-23-15(21)9-20-14-4-2-3-13(14)16(22)19-17(20)24-10-11-5-7-12(18)8-6-11;1-23(2,3)21-16-14-5-4-6-15(14)19-17(20-16)22-11-12-7-9-13(18)10-8-12;15-10-6-4-9(5-7-10)8-19-14-16-12-3-1-2-11(12)13(18)17-14/h2*5-8H,2-4,9-10H2,1H3;7-10H,4-6,11H2,1-3H3;4-7H,1-3,8H2,(H,16,17,18). The van der Waals surface area contributed by atoms with E-state index in [-0.39, 0.29) is 65.0 Å². The van der Waals surface area contributed by atoms with E-state index in [0.717, 1.165) is 132 Å². The number of benzene rings is 4. The number of nitrogens with zero attached hydrogens (tertiary/aromatic N) is 7. The van der Waals surface area contributed by atoms with Gasteiger partial charge in [0.2, 0.25) is 14.2 Å². The molecule has 1 N–H and O–H groups in total. The number of carbonyl (C=O) groups is 2. The molecule has 0 amide bonds. The molecule has 0 fully saturated rings. The highest BCUT2D eigenvalue weighted by Gasteiger charge is 2.27. The Balaban J connectivity index is 0.000000143. The van der Waals surface area contributed by atoms with E-state index in [2.05, 4.69) is 49.5 Å². The van der Waals surface area contributed by atoms with Crippen molar-refractivity contribution >= 4 is 67.3 Å². The van der Waals surface area contributed by atoms with Crippen LogP contribution >= 0.6 is 47.0 Å². The lowest BCUT2D eigenvalue weighted by Gasteiger charge is -2.20. The summed E-state index contributed by atoms with van der Waals surface area (Å²) in [7, 11) is 0.976. The van der Waals surface area contributed by atoms with Gasteiger partial charge in [0.1, 0.15) is 36.4 Å². The molecule has 90 heavy (non-hydrogen) atoms. The van der Waals surface area contributed by atoms with Crippen LogP contribution in [0.4, 0.5) is 17.6 Å². The van der Waals surface area contributed by atoms with E-state index < -0.39 is 8.32 Å². The van der Waals surface area contributed by atoms with Crippen LogP contribution in [0.1, 0.15) is 93.0 Å². The van der Waals surface area contributed by atoms with Gasteiger partial charge in [-0.3, -0.25) is 24.0 Å². The highest BCUT2D eigenvalue weighted by molar-refractivity contribution is 7.99. The van der Waals surface area contributed by atoms with E-state index in [9.17, 15) is 41.5 Å². The first kappa shape index (κ1) is 67.1. The number of hydrogen-bond donors (Lipinski definition) is 1. The first-order valence-electron chi connectivity index (χ1n) is 29.4. The fourth-order valence-electron chi connectivity index (χ4n) is 10.3. The SMILES string of the molecule is COC(=O)Cn1c(SCc2ccc(F)cc2)nc(=O)c2c1CCC2.COC(=O)Cn1c(SCc2ccc(F)cc2)nc(=O)c2c1CCC2.C[Si](C)(C)Oc1nc(SCc2ccc(F)cc2)nc2c1CCC2.O=c1[nH]c(SCc2ccc(F)cc2)nc2c1CCC2. The fourth-order valence-corrected chi connectivity index (χ4v) is 14.7. The molecule has 0 aliphatic heterocycles. The Morgan fingerprint density at radius 1 is 0.478 bits per heavy atom. The van der Waals surface area contributed by atoms with E-state index >= 15 is 0 Å². The van der Waals surface area contributed by atoms with Gasteiger partial charge >= 0.3 is 11.9 Å². The Bertz CT molecular complexity index is 3890. The topological polar surface area (TPSA) is 203 Å². The van der Waals surface area contributed by atoms with E-state index in [1.807, 2.05) is 0 Å². The molecule has 4 aromatic heterocycles. The zero-order valence-corrected chi connectivity index (χ0v) is 54.8. The van der Waals surface area contributed by atoms with Crippen LogP contribution in [0, 0.1) is 23.3 Å². The number of ether oxygens (including phenoxy) is 2. The van der Waals surface area contributed by atoms with Crippen molar-refractivity contribution in [3.8, 4) is 5.88 Å². The van der Waals surface area contributed by atoms with Crippen molar-refractivity contribution in [2.24, 2.45) is 0 Å². The highest BCUT2D eigenvalue weighted by Crippen LogP contribution is 2.34. The first-order chi connectivity index (χ1) is 43.3. The molecular formula is C65H68F4N8O8S4Si. The van der Waals surface area contributed by atoms with Gasteiger partial charge in [-0.1, -0.05) is 95.6 Å². The number of carbonyl (C=O) groups excluding carboxylic acids is 2. The predicted octanol–water partition coefficient (Wildman–Crippen LogP) is 12.0. The van der Waals surface area contributed by atoms with Crippen LogP contribution in [-0.2, 0) is 107 Å². The van der Waals surface area contributed by atoms with Gasteiger partial charge in [-0.2, -0.15) is 15.0 Å². The lowest BCUT2D eigenvalue weighted by atomic mass is 10.2. The number of nitrogens with one attached hydrogen (secondary N) is 1. The molecule has 25 heteroatoms. The molecule has 0 saturated carbocycles. The minimum Gasteiger partial charge on any atom is -0.531 e. The van der Waals surface area contributed by atoms with Crippen LogP contribution in [0.15, 0.2) is 132 Å². The third kappa shape index (κ3) is 18.7. The number of aromatic amines is 1. The number of aryl methyl sites for hydroxylation is 2. The molecule has 4 aromatic carbocycles. The Hall–Kier alpha value is -7.32. The maximum Gasteiger partial charge on any atom is 0.325 e. The van der Waals surface area contributed by atoms with Gasteiger partial charge in [0.15, 0.2) is 20.6 Å². The number of rotatable bonds is 18. The second-order valence-corrected chi connectivity index (χ2v) is 30.6. The molecule has 0 radical (unpaired) electrons.